The SMILES string of the molecule is N#CB1CCCC(CNc2cc(Cl)nnc2C(N)=O)C1. The van der Waals surface area contributed by atoms with Crippen molar-refractivity contribution < 1.29 is 4.79 Å². The third-order valence-corrected chi connectivity index (χ3v) is 3.73. The van der Waals surface area contributed by atoms with E-state index >= 15 is 0 Å². The number of amides is 1. The second-order valence-corrected chi connectivity index (χ2v) is 5.42. The zero-order chi connectivity index (χ0) is 14.5. The van der Waals surface area contributed by atoms with Crippen molar-refractivity contribution in [2.24, 2.45) is 11.7 Å². The van der Waals surface area contributed by atoms with Gasteiger partial charge in [-0.05, 0) is 5.92 Å². The molecule has 1 saturated heterocycles. The summed E-state index contributed by atoms with van der Waals surface area (Å²) in [4.78, 5) is 11.3. The molecule has 0 saturated carbocycles. The number of hydrogen-bond donors (Lipinski definition) is 2. The first-order valence-electron chi connectivity index (χ1n) is 6.56. The van der Waals surface area contributed by atoms with E-state index in [1.54, 1.807) is 6.07 Å². The lowest BCUT2D eigenvalue weighted by atomic mass is 9.41. The Kier molecular flexibility index (Phi) is 4.80. The highest BCUT2D eigenvalue weighted by Gasteiger charge is 2.25. The molecule has 0 aromatic carbocycles. The van der Waals surface area contributed by atoms with Crippen LogP contribution in [-0.2, 0) is 0 Å². The van der Waals surface area contributed by atoms with Gasteiger partial charge >= 0.3 is 0 Å². The van der Waals surface area contributed by atoms with Crippen LogP contribution in [0.1, 0.15) is 23.3 Å². The van der Waals surface area contributed by atoms with Gasteiger partial charge in [0, 0.05) is 18.6 Å². The van der Waals surface area contributed by atoms with E-state index in [2.05, 4.69) is 21.5 Å². The van der Waals surface area contributed by atoms with Crippen LogP contribution in [0.2, 0.25) is 17.8 Å². The summed E-state index contributed by atoms with van der Waals surface area (Å²) in [6, 6.07) is 1.54. The van der Waals surface area contributed by atoms with Crippen LogP contribution in [-0.4, -0.2) is 29.4 Å². The molecular weight excluding hydrogens is 276 g/mol. The fourth-order valence-electron chi connectivity index (χ4n) is 2.53. The number of carbonyl (C=O) groups is 1. The van der Waals surface area contributed by atoms with Crippen molar-refractivity contribution >= 4 is 29.9 Å². The summed E-state index contributed by atoms with van der Waals surface area (Å²) in [6.07, 6.45) is 3.98. The van der Waals surface area contributed by atoms with Crippen molar-refractivity contribution in [1.82, 2.24) is 10.2 Å². The number of rotatable bonds is 4. The molecule has 1 aromatic rings. The molecule has 0 spiro atoms. The van der Waals surface area contributed by atoms with Gasteiger partial charge in [-0.1, -0.05) is 37.1 Å². The molecule has 1 aliphatic rings. The lowest BCUT2D eigenvalue weighted by Crippen LogP contribution is -2.27. The minimum atomic E-state index is -0.643. The number of aromatic nitrogens is 2. The second-order valence-electron chi connectivity index (χ2n) is 5.03. The molecule has 8 heteroatoms. The van der Waals surface area contributed by atoms with Gasteiger partial charge in [-0.15, -0.1) is 10.2 Å². The zero-order valence-corrected chi connectivity index (χ0v) is 11.7. The lowest BCUT2D eigenvalue weighted by molar-refractivity contribution is 0.0995. The summed E-state index contributed by atoms with van der Waals surface area (Å²) in [5.41, 5.74) is 5.83. The molecular formula is C12H15BClN5O. The normalized spacial score (nSPS) is 18.4. The van der Waals surface area contributed by atoms with E-state index in [0.717, 1.165) is 25.5 Å². The monoisotopic (exact) mass is 291 g/mol. The summed E-state index contributed by atoms with van der Waals surface area (Å²) < 4.78 is 0. The molecule has 1 atom stereocenters. The standard InChI is InChI=1S/C12H15BClN5O/c14-10-4-9(11(12(16)20)19-18-10)17-6-8-2-1-3-13(5-8)7-15/h4,8H,1-3,5-6H2,(H2,16,20)(H,17,18). The quantitative estimate of drug-likeness (QED) is 0.820. The average molecular weight is 292 g/mol. The first kappa shape index (κ1) is 14.6. The predicted octanol–water partition coefficient (Wildman–Crippen LogP) is 1.61. The second kappa shape index (κ2) is 6.57. The van der Waals surface area contributed by atoms with E-state index < -0.39 is 5.91 Å². The van der Waals surface area contributed by atoms with Crippen molar-refractivity contribution in [2.45, 2.75) is 25.5 Å². The highest BCUT2D eigenvalue weighted by atomic mass is 35.5. The van der Waals surface area contributed by atoms with Crippen molar-refractivity contribution in [3.63, 3.8) is 0 Å². The molecule has 104 valence electrons. The number of primary amides is 1. The number of anilines is 1. The molecule has 2 rings (SSSR count). The topological polar surface area (TPSA) is 105 Å². The third-order valence-electron chi connectivity index (χ3n) is 3.54. The number of hydrogen-bond acceptors (Lipinski definition) is 5. The van der Waals surface area contributed by atoms with Gasteiger partial charge in [-0.25, -0.2) is 5.26 Å². The average Bonchev–Trinajstić information content (AvgIpc) is 2.45. The van der Waals surface area contributed by atoms with Crippen molar-refractivity contribution in [3.8, 4) is 5.97 Å². The van der Waals surface area contributed by atoms with Crippen LogP contribution in [0, 0.1) is 17.1 Å². The smallest absolute Gasteiger partial charge is 0.271 e. The van der Waals surface area contributed by atoms with Gasteiger partial charge in [0.05, 0.1) is 5.69 Å². The first-order chi connectivity index (χ1) is 9.60. The van der Waals surface area contributed by atoms with E-state index in [9.17, 15) is 4.79 Å². The summed E-state index contributed by atoms with van der Waals surface area (Å²) >= 11 is 5.78. The Morgan fingerprint density at radius 3 is 3.15 bits per heavy atom. The van der Waals surface area contributed by atoms with Crippen LogP contribution in [0.5, 0.6) is 0 Å². The van der Waals surface area contributed by atoms with Gasteiger partial charge in [0.2, 0.25) is 0 Å². The van der Waals surface area contributed by atoms with Gasteiger partial charge in [0.1, 0.15) is 0 Å². The molecule has 1 amide bonds. The number of nitrogens with zero attached hydrogens (tertiary/aromatic N) is 3. The minimum absolute atomic E-state index is 0.0852. The number of nitriles is 1. The van der Waals surface area contributed by atoms with Crippen LogP contribution in [0.15, 0.2) is 6.07 Å². The van der Waals surface area contributed by atoms with Gasteiger partial charge < -0.3 is 11.1 Å². The first-order valence-corrected chi connectivity index (χ1v) is 6.94. The van der Waals surface area contributed by atoms with E-state index in [1.165, 1.54) is 0 Å². The summed E-state index contributed by atoms with van der Waals surface area (Å²) in [5, 5.41) is 19.7. The largest absolute Gasteiger partial charge is 0.383 e. The molecule has 1 aliphatic heterocycles. The molecule has 20 heavy (non-hydrogen) atoms. The maximum absolute atomic E-state index is 11.3. The molecule has 3 N–H and O–H groups in total. The third kappa shape index (κ3) is 3.61. The number of halogens is 1. The number of nitrogens with one attached hydrogen (secondary N) is 1. The molecule has 1 fully saturated rings. The van der Waals surface area contributed by atoms with Crippen molar-refractivity contribution in [1.29, 1.82) is 5.26 Å². The molecule has 0 aliphatic carbocycles. The summed E-state index contributed by atoms with van der Waals surface area (Å²) in [5.74, 6) is 2.09. The Morgan fingerprint density at radius 1 is 1.65 bits per heavy atom. The van der Waals surface area contributed by atoms with Gasteiger partial charge in [0.25, 0.3) is 12.6 Å². The predicted molar refractivity (Wildman–Crippen MR) is 77.8 cm³/mol. The molecule has 1 aromatic heterocycles. The molecule has 6 nitrogen and oxygen atoms in total. The molecule has 1 unspecified atom stereocenters. The maximum Gasteiger partial charge on any atom is 0.271 e. The van der Waals surface area contributed by atoms with Crippen LogP contribution in [0.3, 0.4) is 0 Å². The Bertz CT molecular complexity index is 547. The van der Waals surface area contributed by atoms with E-state index in [0.29, 0.717) is 18.2 Å². The molecule has 2 heterocycles. The lowest BCUT2D eigenvalue weighted by Gasteiger charge is -2.24. The summed E-state index contributed by atoms with van der Waals surface area (Å²) in [7, 11) is 0. The highest BCUT2D eigenvalue weighted by Crippen LogP contribution is 2.26. The minimum Gasteiger partial charge on any atom is -0.383 e. The van der Waals surface area contributed by atoms with Gasteiger partial charge in [-0.3, -0.25) is 4.79 Å². The number of nitrogens with two attached hydrogens (primary N) is 1. The van der Waals surface area contributed by atoms with E-state index in [1.807, 2.05) is 0 Å². The van der Waals surface area contributed by atoms with Crippen LogP contribution in [0.4, 0.5) is 5.69 Å². The molecule has 0 radical (unpaired) electrons. The van der Waals surface area contributed by atoms with Crippen LogP contribution >= 0.6 is 11.6 Å². The van der Waals surface area contributed by atoms with Crippen LogP contribution < -0.4 is 11.1 Å². The zero-order valence-electron chi connectivity index (χ0n) is 11.0. The van der Waals surface area contributed by atoms with E-state index in [-0.39, 0.29) is 17.6 Å². The Balaban J connectivity index is 2.02. The highest BCUT2D eigenvalue weighted by molar-refractivity contribution is 6.67. The summed E-state index contributed by atoms with van der Waals surface area (Å²) in [6.45, 7) is 0.797. The fourth-order valence-corrected chi connectivity index (χ4v) is 2.68. The Labute approximate surface area is 122 Å². The maximum atomic E-state index is 11.3. The Hall–Kier alpha value is -1.81. The fraction of sp³-hybridized carbons (Fsp3) is 0.500. The van der Waals surface area contributed by atoms with Crippen molar-refractivity contribution in [3.05, 3.63) is 16.9 Å². The van der Waals surface area contributed by atoms with Crippen molar-refractivity contribution in [2.75, 3.05) is 11.9 Å². The van der Waals surface area contributed by atoms with Gasteiger partial charge in [-0.2, -0.15) is 0 Å². The van der Waals surface area contributed by atoms with Gasteiger partial charge in [0.15, 0.2) is 10.8 Å². The van der Waals surface area contributed by atoms with Crippen LogP contribution in [0.25, 0.3) is 0 Å². The molecule has 0 bridgehead atoms. The van der Waals surface area contributed by atoms with E-state index in [4.69, 9.17) is 22.6 Å². The number of carbonyl (C=O) groups excluding carboxylic acids is 1. The Morgan fingerprint density at radius 2 is 2.45 bits per heavy atom.